The van der Waals surface area contributed by atoms with E-state index < -0.39 is 0 Å². The number of anilines is 2. The number of thiazole rings is 1. The zero-order chi connectivity index (χ0) is 20.9. The van der Waals surface area contributed by atoms with E-state index in [2.05, 4.69) is 20.1 Å². The molecule has 162 valence electrons. The number of piperidine rings is 1. The van der Waals surface area contributed by atoms with Crippen LogP contribution in [-0.4, -0.2) is 42.0 Å². The van der Waals surface area contributed by atoms with Gasteiger partial charge in [0, 0.05) is 49.4 Å². The summed E-state index contributed by atoms with van der Waals surface area (Å²) in [4.78, 5) is 23.2. The van der Waals surface area contributed by atoms with Crippen molar-refractivity contribution in [3.8, 4) is 0 Å². The van der Waals surface area contributed by atoms with E-state index in [1.807, 2.05) is 24.5 Å². The maximum Gasteiger partial charge on any atom is 0.224 e. The van der Waals surface area contributed by atoms with E-state index in [9.17, 15) is 9.18 Å². The van der Waals surface area contributed by atoms with Crippen LogP contribution in [0.4, 0.5) is 15.2 Å². The SMILES string of the molecule is Cc1cc(F)ccc1NC(=O)CC[C@H]1CCCN(Cc2cnc(N3CCCC3)s2)C1. The van der Waals surface area contributed by atoms with Crippen LogP contribution < -0.4 is 10.2 Å². The summed E-state index contributed by atoms with van der Waals surface area (Å²) in [5.41, 5.74) is 1.45. The van der Waals surface area contributed by atoms with Gasteiger partial charge in [-0.2, -0.15) is 0 Å². The summed E-state index contributed by atoms with van der Waals surface area (Å²) in [6, 6.07) is 4.47. The molecule has 0 saturated carbocycles. The second-order valence-corrected chi connectivity index (χ2v) is 9.69. The molecule has 0 unspecified atom stereocenters. The number of nitrogens with one attached hydrogen (secondary N) is 1. The molecule has 1 aromatic carbocycles. The summed E-state index contributed by atoms with van der Waals surface area (Å²) in [6.45, 7) is 7.21. The molecule has 0 radical (unpaired) electrons. The molecule has 1 N–H and O–H groups in total. The molecule has 3 heterocycles. The van der Waals surface area contributed by atoms with Gasteiger partial charge >= 0.3 is 0 Å². The molecule has 0 aliphatic carbocycles. The smallest absolute Gasteiger partial charge is 0.224 e. The van der Waals surface area contributed by atoms with Crippen molar-refractivity contribution in [1.82, 2.24) is 9.88 Å². The molecule has 30 heavy (non-hydrogen) atoms. The highest BCUT2D eigenvalue weighted by Crippen LogP contribution is 2.29. The zero-order valence-electron chi connectivity index (χ0n) is 17.7. The van der Waals surface area contributed by atoms with Crippen LogP contribution in [0.2, 0.25) is 0 Å². The highest BCUT2D eigenvalue weighted by Gasteiger charge is 2.22. The first-order chi connectivity index (χ1) is 14.6. The molecule has 7 heteroatoms. The van der Waals surface area contributed by atoms with Gasteiger partial charge in [-0.1, -0.05) is 0 Å². The molecule has 5 nitrogen and oxygen atoms in total. The fourth-order valence-electron chi connectivity index (χ4n) is 4.49. The summed E-state index contributed by atoms with van der Waals surface area (Å²) in [5, 5.41) is 4.10. The van der Waals surface area contributed by atoms with Gasteiger partial charge in [0.1, 0.15) is 5.82 Å². The second kappa shape index (κ2) is 9.88. The molecular formula is C23H31FN4OS. The number of hydrogen-bond acceptors (Lipinski definition) is 5. The fraction of sp³-hybridized carbons (Fsp3) is 0.565. The third-order valence-electron chi connectivity index (χ3n) is 6.14. The molecule has 2 fully saturated rings. The Morgan fingerprint density at radius 2 is 2.10 bits per heavy atom. The topological polar surface area (TPSA) is 48.5 Å². The molecule has 2 saturated heterocycles. The minimum Gasteiger partial charge on any atom is -0.348 e. The molecular weight excluding hydrogens is 399 g/mol. The maximum atomic E-state index is 13.2. The van der Waals surface area contributed by atoms with Crippen LogP contribution in [0.1, 0.15) is 49.0 Å². The number of nitrogens with zero attached hydrogens (tertiary/aromatic N) is 3. The molecule has 1 atom stereocenters. The van der Waals surface area contributed by atoms with Crippen LogP contribution in [0.3, 0.4) is 0 Å². The van der Waals surface area contributed by atoms with Crippen LogP contribution >= 0.6 is 11.3 Å². The minimum absolute atomic E-state index is 0.0135. The first kappa shape index (κ1) is 21.2. The number of carbonyl (C=O) groups is 1. The Morgan fingerprint density at radius 3 is 2.90 bits per heavy atom. The third-order valence-corrected chi connectivity index (χ3v) is 7.19. The van der Waals surface area contributed by atoms with Crippen LogP contribution in [0, 0.1) is 18.7 Å². The third kappa shape index (κ3) is 5.58. The predicted octanol–water partition coefficient (Wildman–Crippen LogP) is 4.82. The average molecular weight is 431 g/mol. The molecule has 2 aliphatic rings. The minimum atomic E-state index is -0.277. The Hall–Kier alpha value is -1.99. The average Bonchev–Trinajstić information content (AvgIpc) is 3.41. The van der Waals surface area contributed by atoms with E-state index in [-0.39, 0.29) is 11.7 Å². The van der Waals surface area contributed by atoms with E-state index in [4.69, 9.17) is 0 Å². The van der Waals surface area contributed by atoms with Crippen molar-refractivity contribution in [3.05, 3.63) is 40.7 Å². The molecule has 0 bridgehead atoms. The van der Waals surface area contributed by atoms with Gasteiger partial charge in [-0.15, -0.1) is 11.3 Å². The zero-order valence-corrected chi connectivity index (χ0v) is 18.5. The fourth-order valence-corrected chi connectivity index (χ4v) is 5.50. The monoisotopic (exact) mass is 430 g/mol. The summed E-state index contributed by atoms with van der Waals surface area (Å²) < 4.78 is 13.2. The molecule has 1 aromatic heterocycles. The molecule has 2 aromatic rings. The molecule has 1 amide bonds. The highest BCUT2D eigenvalue weighted by atomic mass is 32.1. The van der Waals surface area contributed by atoms with Gasteiger partial charge in [0.05, 0.1) is 0 Å². The Labute approximate surface area is 182 Å². The van der Waals surface area contributed by atoms with Crippen molar-refractivity contribution in [3.63, 3.8) is 0 Å². The number of carbonyl (C=O) groups excluding carboxylic acids is 1. The van der Waals surface area contributed by atoms with E-state index in [1.165, 1.54) is 47.8 Å². The van der Waals surface area contributed by atoms with Crippen LogP contribution in [0.25, 0.3) is 0 Å². The number of amides is 1. The van der Waals surface area contributed by atoms with E-state index in [0.717, 1.165) is 44.7 Å². The Kier molecular flexibility index (Phi) is 7.00. The Balaban J connectivity index is 1.23. The van der Waals surface area contributed by atoms with Gasteiger partial charge in [0.15, 0.2) is 5.13 Å². The summed E-state index contributed by atoms with van der Waals surface area (Å²) >= 11 is 1.83. The number of hydrogen-bond donors (Lipinski definition) is 1. The lowest BCUT2D eigenvalue weighted by atomic mass is 9.93. The van der Waals surface area contributed by atoms with Crippen LogP contribution in [0.5, 0.6) is 0 Å². The van der Waals surface area contributed by atoms with Crippen LogP contribution in [0.15, 0.2) is 24.4 Å². The number of benzene rings is 1. The summed E-state index contributed by atoms with van der Waals surface area (Å²) in [6.07, 6.45) is 8.36. The molecule has 2 aliphatic heterocycles. The van der Waals surface area contributed by atoms with Crippen molar-refractivity contribution in [1.29, 1.82) is 0 Å². The van der Waals surface area contributed by atoms with Gasteiger partial charge in [-0.3, -0.25) is 9.69 Å². The van der Waals surface area contributed by atoms with Gasteiger partial charge in [0.25, 0.3) is 0 Å². The summed E-state index contributed by atoms with van der Waals surface area (Å²) in [5.74, 6) is 0.283. The lowest BCUT2D eigenvalue weighted by molar-refractivity contribution is -0.116. The van der Waals surface area contributed by atoms with Crippen molar-refractivity contribution < 1.29 is 9.18 Å². The van der Waals surface area contributed by atoms with Gasteiger partial charge in [-0.05, 0) is 75.3 Å². The lowest BCUT2D eigenvalue weighted by Gasteiger charge is -2.32. The quantitative estimate of drug-likeness (QED) is 0.684. The van der Waals surface area contributed by atoms with Gasteiger partial charge < -0.3 is 10.2 Å². The van der Waals surface area contributed by atoms with Crippen molar-refractivity contribution in [2.24, 2.45) is 5.92 Å². The highest BCUT2D eigenvalue weighted by molar-refractivity contribution is 7.15. The van der Waals surface area contributed by atoms with Crippen molar-refractivity contribution in [2.75, 3.05) is 36.4 Å². The number of aromatic nitrogens is 1. The van der Waals surface area contributed by atoms with E-state index in [1.54, 1.807) is 6.07 Å². The number of likely N-dealkylation sites (tertiary alicyclic amines) is 1. The lowest BCUT2D eigenvalue weighted by Crippen LogP contribution is -2.35. The van der Waals surface area contributed by atoms with E-state index >= 15 is 0 Å². The van der Waals surface area contributed by atoms with Crippen molar-refractivity contribution in [2.45, 2.75) is 52.0 Å². The first-order valence-corrected chi connectivity index (χ1v) is 11.9. The molecule has 4 rings (SSSR count). The van der Waals surface area contributed by atoms with Crippen molar-refractivity contribution >= 4 is 28.1 Å². The second-order valence-electron chi connectivity index (χ2n) is 8.59. The van der Waals surface area contributed by atoms with E-state index in [0.29, 0.717) is 18.0 Å². The Morgan fingerprint density at radius 1 is 1.27 bits per heavy atom. The number of halogens is 1. The van der Waals surface area contributed by atoms with Gasteiger partial charge in [0.2, 0.25) is 5.91 Å². The van der Waals surface area contributed by atoms with Crippen LogP contribution in [-0.2, 0) is 11.3 Å². The largest absolute Gasteiger partial charge is 0.348 e. The normalized spacial score (nSPS) is 19.9. The number of rotatable bonds is 7. The standard InChI is InChI=1S/C23H31FN4OS/c1-17-13-19(24)7-8-21(17)26-22(29)9-6-18-5-4-10-27(15-18)16-20-14-25-23(30-20)28-11-2-3-12-28/h7-8,13-14,18H,2-6,9-12,15-16H2,1H3,(H,26,29)/t18-/m1/s1. The number of aryl methyl sites for hydroxylation is 1. The first-order valence-electron chi connectivity index (χ1n) is 11.0. The Bertz CT molecular complexity index is 865. The predicted molar refractivity (Wildman–Crippen MR) is 121 cm³/mol. The maximum absolute atomic E-state index is 13.2. The van der Waals surface area contributed by atoms with Gasteiger partial charge in [-0.25, -0.2) is 9.37 Å². The summed E-state index contributed by atoms with van der Waals surface area (Å²) in [7, 11) is 0. The molecule has 0 spiro atoms.